The Morgan fingerprint density at radius 2 is 2.15 bits per heavy atom. The van der Waals surface area contributed by atoms with Crippen LogP contribution in [0.3, 0.4) is 0 Å². The largest absolute Gasteiger partial charge is 0.454 e. The van der Waals surface area contributed by atoms with Gasteiger partial charge in [-0.3, -0.25) is 0 Å². The average Bonchev–Trinajstić information content (AvgIpc) is 2.63. The molecule has 0 unspecified atom stereocenters. The first-order valence-corrected chi connectivity index (χ1v) is 4.01. The lowest BCUT2D eigenvalue weighted by Crippen LogP contribution is -1.93. The van der Waals surface area contributed by atoms with E-state index in [2.05, 4.69) is 6.58 Å². The van der Waals surface area contributed by atoms with Crippen molar-refractivity contribution in [3.63, 3.8) is 0 Å². The second-order valence-corrected chi connectivity index (χ2v) is 2.79. The van der Waals surface area contributed by atoms with Gasteiger partial charge in [0, 0.05) is 0 Å². The fraction of sp³-hybridized carbons (Fsp3) is 0.200. The summed E-state index contributed by atoms with van der Waals surface area (Å²) in [7, 11) is 0. The predicted molar refractivity (Wildman–Crippen MR) is 47.7 cm³/mol. The number of hydrogen-bond donors (Lipinski definition) is 1. The van der Waals surface area contributed by atoms with Gasteiger partial charge in [0.25, 0.3) is 0 Å². The van der Waals surface area contributed by atoms with Crippen molar-refractivity contribution < 1.29 is 14.6 Å². The Morgan fingerprint density at radius 1 is 1.38 bits per heavy atom. The summed E-state index contributed by atoms with van der Waals surface area (Å²) < 4.78 is 10.3. The Kier molecular flexibility index (Phi) is 1.94. The molecule has 0 aromatic heterocycles. The summed E-state index contributed by atoms with van der Waals surface area (Å²) >= 11 is 0. The van der Waals surface area contributed by atoms with Crippen LogP contribution < -0.4 is 9.47 Å². The lowest BCUT2D eigenvalue weighted by Gasteiger charge is -2.05. The molecule has 13 heavy (non-hydrogen) atoms. The zero-order valence-corrected chi connectivity index (χ0v) is 7.06. The number of aliphatic hydroxyl groups excluding tert-OH is 1. The Morgan fingerprint density at radius 3 is 2.92 bits per heavy atom. The van der Waals surface area contributed by atoms with Gasteiger partial charge in [-0.15, -0.1) is 6.58 Å². The third-order valence-electron chi connectivity index (χ3n) is 1.96. The van der Waals surface area contributed by atoms with Gasteiger partial charge in [0.05, 0.1) is 6.10 Å². The zero-order valence-electron chi connectivity index (χ0n) is 7.06. The molecule has 0 fully saturated rings. The van der Waals surface area contributed by atoms with Gasteiger partial charge in [-0.1, -0.05) is 12.1 Å². The van der Waals surface area contributed by atoms with E-state index in [1.807, 2.05) is 0 Å². The average molecular weight is 178 g/mol. The lowest BCUT2D eigenvalue weighted by atomic mass is 10.1. The predicted octanol–water partition coefficient (Wildman–Crippen LogP) is 1.63. The molecule has 1 aliphatic heterocycles. The summed E-state index contributed by atoms with van der Waals surface area (Å²) in [6, 6.07) is 5.33. The molecular formula is C10H10O3. The minimum Gasteiger partial charge on any atom is -0.454 e. The summed E-state index contributed by atoms with van der Waals surface area (Å²) in [6.07, 6.45) is 0.826. The van der Waals surface area contributed by atoms with E-state index in [1.54, 1.807) is 18.2 Å². The molecule has 1 atom stereocenters. The SMILES string of the molecule is C=C[C@H](O)c1ccc2c(c1)OCO2. The fourth-order valence-corrected chi connectivity index (χ4v) is 1.23. The van der Waals surface area contributed by atoms with Gasteiger partial charge in [-0.05, 0) is 17.7 Å². The molecule has 2 rings (SSSR count). The number of benzene rings is 1. The monoisotopic (exact) mass is 178 g/mol. The highest BCUT2D eigenvalue weighted by Crippen LogP contribution is 2.34. The van der Waals surface area contributed by atoms with Crippen molar-refractivity contribution in [3.8, 4) is 11.5 Å². The van der Waals surface area contributed by atoms with E-state index in [0.29, 0.717) is 5.75 Å². The van der Waals surface area contributed by atoms with Gasteiger partial charge in [-0.25, -0.2) is 0 Å². The quantitative estimate of drug-likeness (QED) is 0.699. The maximum Gasteiger partial charge on any atom is 0.231 e. The van der Waals surface area contributed by atoms with Crippen LogP contribution in [0.2, 0.25) is 0 Å². The fourth-order valence-electron chi connectivity index (χ4n) is 1.23. The highest BCUT2D eigenvalue weighted by molar-refractivity contribution is 5.45. The Balaban J connectivity index is 2.35. The van der Waals surface area contributed by atoms with Crippen molar-refractivity contribution in [2.24, 2.45) is 0 Å². The van der Waals surface area contributed by atoms with Crippen LogP contribution in [0, 0.1) is 0 Å². The van der Waals surface area contributed by atoms with Gasteiger partial charge in [0.2, 0.25) is 6.79 Å². The Labute approximate surface area is 76.2 Å². The molecule has 1 aromatic rings. The van der Waals surface area contributed by atoms with Crippen molar-refractivity contribution in [3.05, 3.63) is 36.4 Å². The Hall–Kier alpha value is -1.48. The van der Waals surface area contributed by atoms with Gasteiger partial charge in [0.1, 0.15) is 0 Å². The maximum absolute atomic E-state index is 9.45. The van der Waals surface area contributed by atoms with Crippen molar-refractivity contribution in [1.29, 1.82) is 0 Å². The topological polar surface area (TPSA) is 38.7 Å². The van der Waals surface area contributed by atoms with Crippen molar-refractivity contribution in [1.82, 2.24) is 0 Å². The smallest absolute Gasteiger partial charge is 0.231 e. The molecule has 1 aromatic carbocycles. The van der Waals surface area contributed by atoms with E-state index in [4.69, 9.17) is 9.47 Å². The molecule has 0 bridgehead atoms. The molecule has 1 aliphatic rings. The molecule has 0 saturated heterocycles. The number of hydrogen-bond acceptors (Lipinski definition) is 3. The summed E-state index contributed by atoms with van der Waals surface area (Å²) in [4.78, 5) is 0. The third-order valence-corrected chi connectivity index (χ3v) is 1.96. The second-order valence-electron chi connectivity index (χ2n) is 2.79. The lowest BCUT2D eigenvalue weighted by molar-refractivity contribution is 0.173. The number of fused-ring (bicyclic) bond motifs is 1. The van der Waals surface area contributed by atoms with Gasteiger partial charge < -0.3 is 14.6 Å². The molecule has 3 nitrogen and oxygen atoms in total. The van der Waals surface area contributed by atoms with E-state index in [-0.39, 0.29) is 6.79 Å². The first-order valence-electron chi connectivity index (χ1n) is 4.01. The molecule has 0 amide bonds. The second kappa shape index (κ2) is 3.11. The Bertz CT molecular complexity index is 333. The molecule has 0 aliphatic carbocycles. The normalized spacial score (nSPS) is 15.5. The molecular weight excluding hydrogens is 168 g/mol. The third kappa shape index (κ3) is 1.38. The van der Waals surface area contributed by atoms with Gasteiger partial charge in [-0.2, -0.15) is 0 Å². The van der Waals surface area contributed by atoms with Crippen LogP contribution in [0.4, 0.5) is 0 Å². The van der Waals surface area contributed by atoms with Gasteiger partial charge >= 0.3 is 0 Å². The summed E-state index contributed by atoms with van der Waals surface area (Å²) in [5, 5.41) is 9.45. The van der Waals surface area contributed by atoms with Crippen LogP contribution in [0.1, 0.15) is 11.7 Å². The molecule has 1 N–H and O–H groups in total. The van der Waals surface area contributed by atoms with Crippen LogP contribution >= 0.6 is 0 Å². The van der Waals surface area contributed by atoms with Crippen LogP contribution in [-0.4, -0.2) is 11.9 Å². The number of aliphatic hydroxyl groups is 1. The summed E-state index contributed by atoms with van der Waals surface area (Å²) in [6.45, 7) is 3.76. The van der Waals surface area contributed by atoms with E-state index in [0.717, 1.165) is 11.3 Å². The molecule has 0 spiro atoms. The minimum absolute atomic E-state index is 0.253. The molecule has 0 radical (unpaired) electrons. The minimum atomic E-state index is -0.644. The zero-order chi connectivity index (χ0) is 9.26. The van der Waals surface area contributed by atoms with Crippen molar-refractivity contribution >= 4 is 0 Å². The molecule has 1 heterocycles. The molecule has 3 heteroatoms. The molecule has 68 valence electrons. The summed E-state index contributed by atoms with van der Waals surface area (Å²) in [5.41, 5.74) is 0.763. The molecule has 0 saturated carbocycles. The highest BCUT2D eigenvalue weighted by Gasteiger charge is 2.14. The van der Waals surface area contributed by atoms with Crippen LogP contribution in [0.25, 0.3) is 0 Å². The number of rotatable bonds is 2. The van der Waals surface area contributed by atoms with E-state index in [9.17, 15) is 5.11 Å². The van der Waals surface area contributed by atoms with Crippen molar-refractivity contribution in [2.45, 2.75) is 6.10 Å². The maximum atomic E-state index is 9.45. The van der Waals surface area contributed by atoms with Gasteiger partial charge in [0.15, 0.2) is 11.5 Å². The van der Waals surface area contributed by atoms with Crippen LogP contribution in [-0.2, 0) is 0 Å². The van der Waals surface area contributed by atoms with Crippen LogP contribution in [0.5, 0.6) is 11.5 Å². The summed E-state index contributed by atoms with van der Waals surface area (Å²) in [5.74, 6) is 1.40. The van der Waals surface area contributed by atoms with Crippen molar-refractivity contribution in [2.75, 3.05) is 6.79 Å². The number of ether oxygens (including phenoxy) is 2. The van der Waals surface area contributed by atoms with Crippen LogP contribution in [0.15, 0.2) is 30.9 Å². The first kappa shape index (κ1) is 8.13. The standard InChI is InChI=1S/C10H10O3/c1-2-8(11)7-3-4-9-10(5-7)13-6-12-9/h2-5,8,11H,1,6H2/t8-/m0/s1. The highest BCUT2D eigenvalue weighted by atomic mass is 16.7. The first-order chi connectivity index (χ1) is 6.31. The van der Waals surface area contributed by atoms with E-state index in [1.165, 1.54) is 6.08 Å². The van der Waals surface area contributed by atoms with E-state index >= 15 is 0 Å². The van der Waals surface area contributed by atoms with E-state index < -0.39 is 6.10 Å².